The van der Waals surface area contributed by atoms with Gasteiger partial charge in [-0.1, -0.05) is 12.1 Å². The van der Waals surface area contributed by atoms with Gasteiger partial charge in [-0.2, -0.15) is 4.31 Å². The highest BCUT2D eigenvalue weighted by Gasteiger charge is 2.32. The van der Waals surface area contributed by atoms with E-state index >= 15 is 0 Å². The molecule has 26 heavy (non-hydrogen) atoms. The summed E-state index contributed by atoms with van der Waals surface area (Å²) >= 11 is 2.81. The van der Waals surface area contributed by atoms with E-state index in [2.05, 4.69) is 15.1 Å². The fourth-order valence-electron chi connectivity index (χ4n) is 2.93. The Balaban J connectivity index is 1.42. The van der Waals surface area contributed by atoms with Crippen molar-refractivity contribution in [3.63, 3.8) is 0 Å². The van der Waals surface area contributed by atoms with Gasteiger partial charge in [-0.05, 0) is 29.8 Å². The molecule has 3 aromatic heterocycles. The molecular formula is C16H18N4O3S3. The van der Waals surface area contributed by atoms with E-state index in [0.717, 1.165) is 4.88 Å². The molecule has 0 amide bonds. The Morgan fingerprint density at radius 3 is 2.46 bits per heavy atom. The first-order valence-electron chi connectivity index (χ1n) is 8.20. The molecule has 3 aromatic rings. The SMILES string of the molecule is C[C@H](c1nnc(-c2cccs2)o1)N1CCN(S(=O)(=O)c2cccs2)CC1. The van der Waals surface area contributed by atoms with Crippen molar-refractivity contribution in [1.82, 2.24) is 19.4 Å². The number of sulfonamides is 1. The summed E-state index contributed by atoms with van der Waals surface area (Å²) in [6.45, 7) is 4.17. The lowest BCUT2D eigenvalue weighted by atomic mass is 10.2. The van der Waals surface area contributed by atoms with Gasteiger partial charge in [0.2, 0.25) is 5.89 Å². The lowest BCUT2D eigenvalue weighted by Crippen LogP contribution is -2.49. The van der Waals surface area contributed by atoms with E-state index in [1.807, 2.05) is 24.4 Å². The molecule has 138 valence electrons. The first kappa shape index (κ1) is 17.8. The van der Waals surface area contributed by atoms with Crippen LogP contribution in [0.3, 0.4) is 0 Å². The molecule has 0 spiro atoms. The maximum Gasteiger partial charge on any atom is 0.257 e. The Bertz CT molecular complexity index is 943. The van der Waals surface area contributed by atoms with Gasteiger partial charge in [-0.25, -0.2) is 8.42 Å². The van der Waals surface area contributed by atoms with Gasteiger partial charge in [-0.15, -0.1) is 32.9 Å². The second-order valence-corrected chi connectivity index (χ2v) is 10.0. The number of rotatable bonds is 5. The van der Waals surface area contributed by atoms with Crippen LogP contribution in [0.25, 0.3) is 10.8 Å². The van der Waals surface area contributed by atoms with Crippen LogP contribution in [0, 0.1) is 0 Å². The van der Waals surface area contributed by atoms with E-state index in [0.29, 0.717) is 42.2 Å². The topological polar surface area (TPSA) is 79.5 Å². The summed E-state index contributed by atoms with van der Waals surface area (Å²) in [6, 6.07) is 7.25. The summed E-state index contributed by atoms with van der Waals surface area (Å²) in [7, 11) is -3.38. The second kappa shape index (κ2) is 7.20. The normalized spacial score (nSPS) is 18.2. The van der Waals surface area contributed by atoms with Crippen LogP contribution in [0.15, 0.2) is 43.7 Å². The third kappa shape index (κ3) is 3.35. The molecule has 1 aliphatic heterocycles. The Kier molecular flexibility index (Phi) is 4.93. The molecule has 0 N–H and O–H groups in total. The Morgan fingerprint density at radius 1 is 1.08 bits per heavy atom. The van der Waals surface area contributed by atoms with Crippen molar-refractivity contribution in [2.75, 3.05) is 26.2 Å². The summed E-state index contributed by atoms with van der Waals surface area (Å²) in [5.41, 5.74) is 0. The molecule has 1 saturated heterocycles. The summed E-state index contributed by atoms with van der Waals surface area (Å²) in [5.74, 6) is 1.09. The quantitative estimate of drug-likeness (QED) is 0.643. The van der Waals surface area contributed by atoms with Crippen molar-refractivity contribution in [1.29, 1.82) is 0 Å². The van der Waals surface area contributed by atoms with Crippen molar-refractivity contribution >= 4 is 32.7 Å². The predicted molar refractivity (Wildman–Crippen MR) is 101 cm³/mol. The van der Waals surface area contributed by atoms with Gasteiger partial charge < -0.3 is 4.42 Å². The van der Waals surface area contributed by atoms with Crippen LogP contribution in [-0.4, -0.2) is 54.0 Å². The molecule has 0 aliphatic carbocycles. The summed E-state index contributed by atoms with van der Waals surface area (Å²) in [6.07, 6.45) is 0. The number of hydrogen-bond acceptors (Lipinski definition) is 8. The van der Waals surface area contributed by atoms with Crippen LogP contribution < -0.4 is 0 Å². The van der Waals surface area contributed by atoms with Gasteiger partial charge >= 0.3 is 0 Å². The van der Waals surface area contributed by atoms with Crippen molar-refractivity contribution in [3.8, 4) is 10.8 Å². The lowest BCUT2D eigenvalue weighted by molar-refractivity contribution is 0.130. The molecule has 7 nitrogen and oxygen atoms in total. The van der Waals surface area contributed by atoms with Gasteiger partial charge in [0.1, 0.15) is 4.21 Å². The first-order chi connectivity index (χ1) is 12.6. The third-order valence-electron chi connectivity index (χ3n) is 4.44. The molecule has 0 radical (unpaired) electrons. The van der Waals surface area contributed by atoms with E-state index < -0.39 is 10.0 Å². The Hall–Kier alpha value is -1.59. The highest BCUT2D eigenvalue weighted by Crippen LogP contribution is 2.28. The smallest absolute Gasteiger partial charge is 0.257 e. The van der Waals surface area contributed by atoms with Crippen molar-refractivity contribution in [2.45, 2.75) is 17.2 Å². The van der Waals surface area contributed by atoms with Crippen LogP contribution in [0.5, 0.6) is 0 Å². The Labute approximate surface area is 159 Å². The van der Waals surface area contributed by atoms with Gasteiger partial charge in [0.15, 0.2) is 0 Å². The van der Waals surface area contributed by atoms with Crippen LogP contribution in [0.4, 0.5) is 0 Å². The van der Waals surface area contributed by atoms with Crippen molar-refractivity contribution < 1.29 is 12.8 Å². The molecular weight excluding hydrogens is 392 g/mol. The fourth-order valence-corrected chi connectivity index (χ4v) is 6.14. The minimum Gasteiger partial charge on any atom is -0.418 e. The lowest BCUT2D eigenvalue weighted by Gasteiger charge is -2.35. The molecule has 0 aromatic carbocycles. The highest BCUT2D eigenvalue weighted by molar-refractivity contribution is 7.91. The average Bonchev–Trinajstić information content (AvgIpc) is 3.43. The van der Waals surface area contributed by atoms with Crippen molar-refractivity contribution in [3.05, 3.63) is 40.9 Å². The molecule has 0 unspecified atom stereocenters. The standard InChI is InChI=1S/C16H18N4O3S3/c1-12(15-17-18-16(23-15)13-4-2-10-24-13)19-6-8-20(9-7-19)26(21,22)14-5-3-11-25-14/h2-5,10-12H,6-9H2,1H3/t12-/m1/s1. The summed E-state index contributed by atoms with van der Waals surface area (Å²) in [5, 5.41) is 12.1. The number of thiophene rings is 2. The fraction of sp³-hybridized carbons (Fsp3) is 0.375. The molecule has 4 heterocycles. The zero-order chi connectivity index (χ0) is 18.1. The number of nitrogens with zero attached hydrogens (tertiary/aromatic N) is 4. The summed E-state index contributed by atoms with van der Waals surface area (Å²) in [4.78, 5) is 3.12. The van der Waals surface area contributed by atoms with Crippen LogP contribution in [0.1, 0.15) is 18.9 Å². The molecule has 10 heteroatoms. The van der Waals surface area contributed by atoms with E-state index in [9.17, 15) is 8.42 Å². The average molecular weight is 411 g/mol. The highest BCUT2D eigenvalue weighted by atomic mass is 32.2. The molecule has 0 saturated carbocycles. The van der Waals surface area contributed by atoms with Gasteiger partial charge in [0.25, 0.3) is 15.9 Å². The van der Waals surface area contributed by atoms with Gasteiger partial charge in [0, 0.05) is 26.2 Å². The zero-order valence-corrected chi connectivity index (χ0v) is 16.6. The van der Waals surface area contributed by atoms with Crippen molar-refractivity contribution in [2.24, 2.45) is 0 Å². The van der Waals surface area contributed by atoms with E-state index in [1.54, 1.807) is 33.2 Å². The number of piperazine rings is 1. The largest absolute Gasteiger partial charge is 0.418 e. The number of hydrogen-bond donors (Lipinski definition) is 0. The minimum absolute atomic E-state index is 0.0530. The summed E-state index contributed by atoms with van der Waals surface area (Å²) < 4.78 is 33.0. The van der Waals surface area contributed by atoms with Gasteiger partial charge in [-0.3, -0.25) is 4.90 Å². The van der Waals surface area contributed by atoms with E-state index in [-0.39, 0.29) is 6.04 Å². The zero-order valence-electron chi connectivity index (χ0n) is 14.1. The van der Waals surface area contributed by atoms with E-state index in [4.69, 9.17) is 4.42 Å². The minimum atomic E-state index is -3.38. The second-order valence-electron chi connectivity index (χ2n) is 5.97. The van der Waals surface area contributed by atoms with E-state index in [1.165, 1.54) is 11.3 Å². The Morgan fingerprint density at radius 2 is 1.81 bits per heavy atom. The maximum atomic E-state index is 12.6. The number of aromatic nitrogens is 2. The third-order valence-corrected chi connectivity index (χ3v) is 8.57. The first-order valence-corrected chi connectivity index (χ1v) is 11.4. The maximum absolute atomic E-state index is 12.6. The monoisotopic (exact) mass is 410 g/mol. The van der Waals surface area contributed by atoms with Crippen LogP contribution in [0.2, 0.25) is 0 Å². The molecule has 1 aliphatic rings. The molecule has 0 bridgehead atoms. The molecule has 1 fully saturated rings. The predicted octanol–water partition coefficient (Wildman–Crippen LogP) is 2.93. The molecule has 1 atom stereocenters. The van der Waals surface area contributed by atoms with Crippen LogP contribution in [-0.2, 0) is 10.0 Å². The van der Waals surface area contributed by atoms with Crippen LogP contribution >= 0.6 is 22.7 Å². The van der Waals surface area contributed by atoms with Gasteiger partial charge in [0.05, 0.1) is 10.9 Å². The molecule has 4 rings (SSSR count).